The number of hydrogen-bond donors (Lipinski definition) is 1. The van der Waals surface area contributed by atoms with Crippen LogP contribution in [0.25, 0.3) is 0 Å². The van der Waals surface area contributed by atoms with E-state index >= 15 is 0 Å². The Balaban J connectivity index is 2.04. The molecule has 1 aliphatic heterocycles. The standard InChI is InChI=1S/C18H28N4O2S/c1-18(2)10-13-15(14(23)11-18)16(20-22(13)8-9-24-4)12-6-5-7-21(12)17(25)19-3/h12H,5-11H2,1-4H3,(H,19,25)/t12-/m1/s1. The Morgan fingerprint density at radius 1 is 1.44 bits per heavy atom. The molecule has 138 valence electrons. The number of rotatable bonds is 4. The molecule has 1 N–H and O–H groups in total. The molecular weight excluding hydrogens is 336 g/mol. The molecule has 0 spiro atoms. The van der Waals surface area contributed by atoms with E-state index < -0.39 is 0 Å². The van der Waals surface area contributed by atoms with E-state index in [-0.39, 0.29) is 17.2 Å². The van der Waals surface area contributed by atoms with E-state index in [4.69, 9.17) is 22.1 Å². The molecule has 25 heavy (non-hydrogen) atoms. The fraction of sp³-hybridized carbons (Fsp3) is 0.722. The molecule has 1 atom stereocenters. The van der Waals surface area contributed by atoms with Crippen molar-refractivity contribution in [1.29, 1.82) is 0 Å². The van der Waals surface area contributed by atoms with E-state index in [2.05, 4.69) is 24.1 Å². The number of thiocarbonyl (C=S) groups is 1. The summed E-state index contributed by atoms with van der Waals surface area (Å²) in [5, 5.41) is 8.68. The molecule has 1 aromatic heterocycles. The molecule has 2 aliphatic rings. The zero-order valence-corrected chi connectivity index (χ0v) is 16.4. The summed E-state index contributed by atoms with van der Waals surface area (Å²) in [6.07, 6.45) is 3.48. The fourth-order valence-electron chi connectivity index (χ4n) is 4.07. The van der Waals surface area contributed by atoms with Gasteiger partial charge >= 0.3 is 0 Å². The van der Waals surface area contributed by atoms with Gasteiger partial charge in [-0.2, -0.15) is 5.10 Å². The van der Waals surface area contributed by atoms with Gasteiger partial charge in [-0.15, -0.1) is 0 Å². The minimum absolute atomic E-state index is 0.0259. The Morgan fingerprint density at radius 2 is 2.20 bits per heavy atom. The van der Waals surface area contributed by atoms with Gasteiger partial charge in [0, 0.05) is 27.1 Å². The van der Waals surface area contributed by atoms with Gasteiger partial charge in [0.25, 0.3) is 0 Å². The van der Waals surface area contributed by atoms with Crippen LogP contribution in [0.4, 0.5) is 0 Å². The molecular formula is C18H28N4O2S. The first-order valence-corrected chi connectivity index (χ1v) is 9.39. The van der Waals surface area contributed by atoms with Crippen molar-refractivity contribution < 1.29 is 9.53 Å². The van der Waals surface area contributed by atoms with Gasteiger partial charge in [0.15, 0.2) is 10.9 Å². The lowest BCUT2D eigenvalue weighted by Crippen LogP contribution is -2.38. The number of fused-ring (bicyclic) bond motifs is 1. The van der Waals surface area contributed by atoms with E-state index in [1.54, 1.807) is 7.11 Å². The molecule has 3 rings (SSSR count). The molecule has 1 aliphatic carbocycles. The predicted molar refractivity (Wildman–Crippen MR) is 101 cm³/mol. The molecule has 0 unspecified atom stereocenters. The summed E-state index contributed by atoms with van der Waals surface area (Å²) in [6.45, 7) is 6.47. The highest BCUT2D eigenvalue weighted by Crippen LogP contribution is 2.41. The lowest BCUT2D eigenvalue weighted by Gasteiger charge is -2.30. The summed E-state index contributed by atoms with van der Waals surface area (Å²) < 4.78 is 7.23. The van der Waals surface area contributed by atoms with Crippen LogP contribution in [-0.4, -0.2) is 52.9 Å². The van der Waals surface area contributed by atoms with Gasteiger partial charge in [-0.3, -0.25) is 9.48 Å². The minimum atomic E-state index is -0.0259. The number of likely N-dealkylation sites (tertiary alicyclic amines) is 1. The first kappa shape index (κ1) is 18.3. The van der Waals surface area contributed by atoms with Gasteiger partial charge in [-0.25, -0.2) is 0 Å². The summed E-state index contributed by atoms with van der Waals surface area (Å²) in [6, 6.07) is 0.0858. The van der Waals surface area contributed by atoms with Gasteiger partial charge in [0.05, 0.1) is 36.1 Å². The second-order valence-corrected chi connectivity index (χ2v) is 8.16. The van der Waals surface area contributed by atoms with Crippen LogP contribution in [0.5, 0.6) is 0 Å². The highest BCUT2D eigenvalue weighted by molar-refractivity contribution is 7.80. The van der Waals surface area contributed by atoms with E-state index in [1.165, 1.54) is 0 Å². The molecule has 7 heteroatoms. The number of ketones is 1. The van der Waals surface area contributed by atoms with E-state index in [0.29, 0.717) is 19.6 Å². The number of hydrogen-bond acceptors (Lipinski definition) is 4. The molecule has 1 saturated heterocycles. The molecule has 1 aromatic rings. The number of methoxy groups -OCH3 is 1. The third-order valence-corrected chi connectivity index (χ3v) is 5.64. The highest BCUT2D eigenvalue weighted by atomic mass is 32.1. The van der Waals surface area contributed by atoms with Crippen molar-refractivity contribution in [2.45, 2.75) is 52.1 Å². The third-order valence-electron chi connectivity index (χ3n) is 5.20. The lowest BCUT2D eigenvalue weighted by molar-refractivity contribution is 0.0906. The second kappa shape index (κ2) is 7.03. The summed E-state index contributed by atoms with van der Waals surface area (Å²) in [5.74, 6) is 0.215. The van der Waals surface area contributed by atoms with Gasteiger partial charge in [-0.1, -0.05) is 13.8 Å². The van der Waals surface area contributed by atoms with Crippen LogP contribution in [0.2, 0.25) is 0 Å². The molecule has 0 bridgehead atoms. The maximum absolute atomic E-state index is 13.0. The molecule has 0 saturated carbocycles. The molecule has 6 nitrogen and oxygen atoms in total. The number of ether oxygens (including phenoxy) is 1. The molecule has 0 amide bonds. The van der Waals surface area contributed by atoms with Crippen molar-refractivity contribution in [3.8, 4) is 0 Å². The van der Waals surface area contributed by atoms with Gasteiger partial charge < -0.3 is 15.0 Å². The Kier molecular flexibility index (Phi) is 5.16. The van der Waals surface area contributed by atoms with Gasteiger partial charge in [0.1, 0.15) is 0 Å². The van der Waals surface area contributed by atoms with Crippen LogP contribution in [-0.2, 0) is 17.7 Å². The molecule has 2 heterocycles. The van der Waals surface area contributed by atoms with Crippen molar-refractivity contribution in [2.75, 3.05) is 27.3 Å². The quantitative estimate of drug-likeness (QED) is 0.828. The topological polar surface area (TPSA) is 59.4 Å². The summed E-state index contributed by atoms with van der Waals surface area (Å²) >= 11 is 5.46. The number of carbonyl (C=O) groups excluding carboxylic acids is 1. The first-order valence-electron chi connectivity index (χ1n) is 8.98. The average molecular weight is 365 g/mol. The van der Waals surface area contributed by atoms with Crippen LogP contribution < -0.4 is 5.32 Å². The number of nitrogens with zero attached hydrogens (tertiary/aromatic N) is 3. The Morgan fingerprint density at radius 3 is 2.88 bits per heavy atom. The fourth-order valence-corrected chi connectivity index (χ4v) is 4.29. The monoisotopic (exact) mass is 364 g/mol. The zero-order valence-electron chi connectivity index (χ0n) is 15.6. The Bertz CT molecular complexity index is 683. The number of carbonyl (C=O) groups is 1. The first-order chi connectivity index (χ1) is 11.9. The predicted octanol–water partition coefficient (Wildman–Crippen LogP) is 2.33. The highest BCUT2D eigenvalue weighted by Gasteiger charge is 2.40. The van der Waals surface area contributed by atoms with Crippen molar-refractivity contribution in [2.24, 2.45) is 5.41 Å². The van der Waals surface area contributed by atoms with E-state index in [1.807, 2.05) is 11.7 Å². The number of Topliss-reactive ketones (excluding diaryl/α,β-unsaturated/α-hetero) is 1. The van der Waals surface area contributed by atoms with E-state index in [9.17, 15) is 4.79 Å². The van der Waals surface area contributed by atoms with Crippen molar-refractivity contribution in [1.82, 2.24) is 20.0 Å². The maximum Gasteiger partial charge on any atom is 0.169 e. The molecule has 1 fully saturated rings. The maximum atomic E-state index is 13.0. The summed E-state index contributed by atoms with van der Waals surface area (Å²) in [4.78, 5) is 15.1. The molecule has 0 aromatic carbocycles. The summed E-state index contributed by atoms with van der Waals surface area (Å²) in [7, 11) is 3.54. The normalized spacial score (nSPS) is 22.2. The lowest BCUT2D eigenvalue weighted by atomic mass is 9.75. The van der Waals surface area contributed by atoms with E-state index in [0.717, 1.165) is 47.9 Å². The van der Waals surface area contributed by atoms with Crippen LogP contribution in [0.15, 0.2) is 0 Å². The van der Waals surface area contributed by atoms with Crippen LogP contribution >= 0.6 is 12.2 Å². The van der Waals surface area contributed by atoms with Gasteiger partial charge in [-0.05, 0) is 36.9 Å². The number of aromatic nitrogens is 2. The van der Waals surface area contributed by atoms with Crippen molar-refractivity contribution in [3.05, 3.63) is 17.0 Å². The van der Waals surface area contributed by atoms with Crippen LogP contribution in [0, 0.1) is 5.41 Å². The van der Waals surface area contributed by atoms with Crippen LogP contribution in [0.3, 0.4) is 0 Å². The smallest absolute Gasteiger partial charge is 0.169 e. The Hall–Kier alpha value is -1.47. The van der Waals surface area contributed by atoms with Crippen LogP contribution in [0.1, 0.15) is 60.9 Å². The van der Waals surface area contributed by atoms with Crippen molar-refractivity contribution in [3.63, 3.8) is 0 Å². The minimum Gasteiger partial charge on any atom is -0.383 e. The summed E-state index contributed by atoms with van der Waals surface area (Å²) in [5.41, 5.74) is 2.78. The SMILES string of the molecule is CNC(=S)N1CCC[C@@H]1c1nn(CCOC)c2c1C(=O)CC(C)(C)C2. The Labute approximate surface area is 154 Å². The van der Waals surface area contributed by atoms with Crippen molar-refractivity contribution >= 4 is 23.1 Å². The van der Waals surface area contributed by atoms with Gasteiger partial charge in [0.2, 0.25) is 0 Å². The largest absolute Gasteiger partial charge is 0.383 e. The molecule has 0 radical (unpaired) electrons. The zero-order chi connectivity index (χ0) is 18.2. The second-order valence-electron chi connectivity index (χ2n) is 7.77. The third kappa shape index (κ3) is 3.44. The number of nitrogens with one attached hydrogen (secondary N) is 1. The average Bonchev–Trinajstić information content (AvgIpc) is 3.15.